The second-order valence-electron chi connectivity index (χ2n) is 5.52. The zero-order chi connectivity index (χ0) is 13.3. The first kappa shape index (κ1) is 12.8. The van der Waals surface area contributed by atoms with Crippen LogP contribution in [0.2, 0.25) is 0 Å². The van der Waals surface area contributed by atoms with Gasteiger partial charge in [0.2, 0.25) is 0 Å². The minimum atomic E-state index is -0.0779. The van der Waals surface area contributed by atoms with Gasteiger partial charge in [0.25, 0.3) is 0 Å². The predicted octanol–water partition coefficient (Wildman–Crippen LogP) is 2.77. The molecule has 0 radical (unpaired) electrons. The van der Waals surface area contributed by atoms with E-state index in [9.17, 15) is 0 Å². The molecule has 2 heterocycles. The highest BCUT2D eigenvalue weighted by Crippen LogP contribution is 2.23. The molecule has 0 amide bonds. The maximum absolute atomic E-state index is 4.40. The van der Waals surface area contributed by atoms with Gasteiger partial charge in [-0.3, -0.25) is 0 Å². The van der Waals surface area contributed by atoms with Gasteiger partial charge in [0, 0.05) is 31.2 Å². The largest absolute Gasteiger partial charge is 0.309 e. The van der Waals surface area contributed by atoms with Crippen molar-refractivity contribution in [3.8, 4) is 0 Å². The summed E-state index contributed by atoms with van der Waals surface area (Å²) in [4.78, 5) is 4.40. The van der Waals surface area contributed by atoms with Crippen molar-refractivity contribution in [1.29, 1.82) is 0 Å². The van der Waals surface area contributed by atoms with Crippen LogP contribution in [-0.4, -0.2) is 4.98 Å². The Labute approximate surface area is 118 Å². The maximum atomic E-state index is 4.40. The molecule has 19 heavy (non-hydrogen) atoms. The SMILES string of the molecule is CC(C)(NCc1ccc2c(c1)CNC2)c1nccs1. The van der Waals surface area contributed by atoms with Crippen molar-refractivity contribution < 1.29 is 0 Å². The van der Waals surface area contributed by atoms with E-state index in [-0.39, 0.29) is 5.54 Å². The van der Waals surface area contributed by atoms with Crippen molar-refractivity contribution >= 4 is 11.3 Å². The summed E-state index contributed by atoms with van der Waals surface area (Å²) in [5.41, 5.74) is 4.13. The third-order valence-corrected chi connectivity index (χ3v) is 4.70. The zero-order valence-corrected chi connectivity index (χ0v) is 12.2. The van der Waals surface area contributed by atoms with Crippen LogP contribution in [0.15, 0.2) is 29.8 Å². The van der Waals surface area contributed by atoms with Gasteiger partial charge in [-0.2, -0.15) is 0 Å². The van der Waals surface area contributed by atoms with Crippen molar-refractivity contribution in [1.82, 2.24) is 15.6 Å². The van der Waals surface area contributed by atoms with E-state index in [1.165, 1.54) is 16.7 Å². The van der Waals surface area contributed by atoms with E-state index in [0.717, 1.165) is 24.6 Å². The number of nitrogens with zero attached hydrogens (tertiary/aromatic N) is 1. The van der Waals surface area contributed by atoms with Gasteiger partial charge in [-0.1, -0.05) is 18.2 Å². The van der Waals surface area contributed by atoms with Crippen molar-refractivity contribution in [2.45, 2.75) is 39.0 Å². The third-order valence-electron chi connectivity index (χ3n) is 3.60. The molecule has 0 aliphatic carbocycles. The summed E-state index contributed by atoms with van der Waals surface area (Å²) in [5, 5.41) is 10.1. The number of nitrogens with one attached hydrogen (secondary N) is 2. The third kappa shape index (κ3) is 2.71. The smallest absolute Gasteiger partial charge is 0.112 e. The van der Waals surface area contributed by atoms with Crippen molar-refractivity contribution in [3.63, 3.8) is 0 Å². The van der Waals surface area contributed by atoms with Gasteiger partial charge in [0.15, 0.2) is 0 Å². The Morgan fingerprint density at radius 3 is 2.95 bits per heavy atom. The highest BCUT2D eigenvalue weighted by molar-refractivity contribution is 7.09. The Hall–Kier alpha value is -1.23. The lowest BCUT2D eigenvalue weighted by Gasteiger charge is -2.24. The lowest BCUT2D eigenvalue weighted by molar-refractivity contribution is 0.399. The summed E-state index contributed by atoms with van der Waals surface area (Å²) in [6.45, 7) is 7.24. The summed E-state index contributed by atoms with van der Waals surface area (Å²) in [7, 11) is 0. The summed E-state index contributed by atoms with van der Waals surface area (Å²) < 4.78 is 0. The molecule has 0 unspecified atom stereocenters. The molecule has 0 spiro atoms. The Balaban J connectivity index is 1.69. The van der Waals surface area contributed by atoms with Gasteiger partial charge in [0.1, 0.15) is 5.01 Å². The number of rotatable bonds is 4. The van der Waals surface area contributed by atoms with Crippen molar-refractivity contribution in [2.24, 2.45) is 0 Å². The van der Waals surface area contributed by atoms with Gasteiger partial charge < -0.3 is 10.6 Å². The van der Waals surface area contributed by atoms with E-state index in [0.29, 0.717) is 0 Å². The molecule has 1 aliphatic heterocycles. The Kier molecular flexibility index (Phi) is 3.39. The highest BCUT2D eigenvalue weighted by Gasteiger charge is 2.22. The molecule has 1 aromatic carbocycles. The molecular formula is C15H19N3S. The monoisotopic (exact) mass is 273 g/mol. The van der Waals surface area contributed by atoms with Gasteiger partial charge in [-0.15, -0.1) is 11.3 Å². The van der Waals surface area contributed by atoms with E-state index in [4.69, 9.17) is 0 Å². The molecule has 0 atom stereocenters. The minimum Gasteiger partial charge on any atom is -0.309 e. The fourth-order valence-electron chi connectivity index (χ4n) is 2.39. The number of fused-ring (bicyclic) bond motifs is 1. The quantitative estimate of drug-likeness (QED) is 0.899. The molecule has 1 aromatic heterocycles. The number of hydrogen-bond acceptors (Lipinski definition) is 4. The molecule has 0 bridgehead atoms. The van der Waals surface area contributed by atoms with Gasteiger partial charge >= 0.3 is 0 Å². The lowest BCUT2D eigenvalue weighted by Crippen LogP contribution is -2.35. The number of benzene rings is 1. The number of aromatic nitrogens is 1. The first-order valence-corrected chi connectivity index (χ1v) is 7.49. The standard InChI is InChI=1S/C15H19N3S/c1-15(2,14-17-5-6-19-14)18-8-11-3-4-12-9-16-10-13(12)7-11/h3-7,16,18H,8-10H2,1-2H3. The molecule has 3 rings (SSSR count). The molecule has 1 aliphatic rings. The van der Waals surface area contributed by atoms with Crippen molar-refractivity contribution in [2.75, 3.05) is 0 Å². The topological polar surface area (TPSA) is 37.0 Å². The lowest BCUT2D eigenvalue weighted by atomic mass is 10.0. The highest BCUT2D eigenvalue weighted by atomic mass is 32.1. The van der Waals surface area contributed by atoms with Crippen LogP contribution in [-0.2, 0) is 25.2 Å². The molecule has 2 aromatic rings. The normalized spacial score (nSPS) is 14.6. The van der Waals surface area contributed by atoms with Gasteiger partial charge in [-0.25, -0.2) is 4.98 Å². The summed E-state index contributed by atoms with van der Waals surface area (Å²) >= 11 is 1.70. The minimum absolute atomic E-state index is 0.0779. The van der Waals surface area contributed by atoms with Crippen LogP contribution in [0.4, 0.5) is 0 Å². The Morgan fingerprint density at radius 2 is 2.16 bits per heavy atom. The van der Waals surface area contributed by atoms with E-state index in [1.807, 2.05) is 11.6 Å². The van der Waals surface area contributed by atoms with Crippen LogP contribution in [0.1, 0.15) is 35.5 Å². The molecule has 0 saturated heterocycles. The molecular weight excluding hydrogens is 254 g/mol. The Bertz CT molecular complexity index is 561. The molecule has 100 valence electrons. The van der Waals surface area contributed by atoms with E-state index < -0.39 is 0 Å². The second kappa shape index (κ2) is 5.04. The molecule has 3 nitrogen and oxygen atoms in total. The molecule has 0 saturated carbocycles. The van der Waals surface area contributed by atoms with Gasteiger partial charge in [-0.05, 0) is 30.5 Å². The maximum Gasteiger partial charge on any atom is 0.112 e. The summed E-state index contributed by atoms with van der Waals surface area (Å²) in [6.07, 6.45) is 1.87. The first-order chi connectivity index (χ1) is 9.15. The van der Waals surface area contributed by atoms with Crippen LogP contribution in [0.3, 0.4) is 0 Å². The fraction of sp³-hybridized carbons (Fsp3) is 0.400. The van der Waals surface area contributed by atoms with E-state index in [1.54, 1.807) is 11.3 Å². The predicted molar refractivity (Wildman–Crippen MR) is 79.0 cm³/mol. The average molecular weight is 273 g/mol. The first-order valence-electron chi connectivity index (χ1n) is 6.61. The molecule has 2 N–H and O–H groups in total. The molecule has 4 heteroatoms. The summed E-state index contributed by atoms with van der Waals surface area (Å²) in [6, 6.07) is 6.76. The Morgan fingerprint density at radius 1 is 1.32 bits per heavy atom. The van der Waals surface area contributed by atoms with Gasteiger partial charge in [0.05, 0.1) is 5.54 Å². The van der Waals surface area contributed by atoms with Crippen LogP contribution in [0.5, 0.6) is 0 Å². The van der Waals surface area contributed by atoms with Crippen LogP contribution < -0.4 is 10.6 Å². The second-order valence-corrected chi connectivity index (χ2v) is 6.42. The van der Waals surface area contributed by atoms with Crippen LogP contribution in [0, 0.1) is 0 Å². The van der Waals surface area contributed by atoms with Crippen molar-refractivity contribution in [3.05, 3.63) is 51.5 Å². The number of hydrogen-bond donors (Lipinski definition) is 2. The molecule has 0 fully saturated rings. The van der Waals surface area contributed by atoms with E-state index >= 15 is 0 Å². The van der Waals surface area contributed by atoms with E-state index in [2.05, 4.69) is 47.7 Å². The van der Waals surface area contributed by atoms with Crippen LogP contribution >= 0.6 is 11.3 Å². The van der Waals surface area contributed by atoms with Crippen LogP contribution in [0.25, 0.3) is 0 Å². The fourth-order valence-corrected chi connectivity index (χ4v) is 3.13. The zero-order valence-electron chi connectivity index (χ0n) is 11.4. The average Bonchev–Trinajstić information content (AvgIpc) is 3.07. The summed E-state index contributed by atoms with van der Waals surface area (Å²) in [5.74, 6) is 0. The number of thiazole rings is 1.